The van der Waals surface area contributed by atoms with Gasteiger partial charge in [-0.25, -0.2) is 0 Å². The quantitative estimate of drug-likeness (QED) is 0.672. The second kappa shape index (κ2) is 8.08. The standard InChI is InChI=1S/C18H22BrNO/c1-3-14(2)15-7-9-18(10-8-15)21-12-11-20-17-6-4-5-16(19)13-17/h4-10,13-14,20H,3,11-12H2,1-2H3. The molecule has 112 valence electrons. The zero-order chi connectivity index (χ0) is 15.1. The van der Waals surface area contributed by atoms with Crippen LogP contribution in [0.5, 0.6) is 5.75 Å². The van der Waals surface area contributed by atoms with Crippen LogP contribution in [0.2, 0.25) is 0 Å². The first-order valence-corrected chi connectivity index (χ1v) is 8.20. The highest BCUT2D eigenvalue weighted by atomic mass is 79.9. The highest BCUT2D eigenvalue weighted by Crippen LogP contribution is 2.21. The van der Waals surface area contributed by atoms with Crippen LogP contribution in [0.15, 0.2) is 53.0 Å². The summed E-state index contributed by atoms with van der Waals surface area (Å²) >= 11 is 3.46. The van der Waals surface area contributed by atoms with Crippen LogP contribution in [0, 0.1) is 0 Å². The predicted molar refractivity (Wildman–Crippen MR) is 93.3 cm³/mol. The smallest absolute Gasteiger partial charge is 0.119 e. The Balaban J connectivity index is 1.76. The SMILES string of the molecule is CCC(C)c1ccc(OCCNc2cccc(Br)c2)cc1. The molecule has 0 bridgehead atoms. The van der Waals surface area contributed by atoms with Gasteiger partial charge in [-0.2, -0.15) is 0 Å². The van der Waals surface area contributed by atoms with Gasteiger partial charge in [-0.3, -0.25) is 0 Å². The number of rotatable bonds is 7. The molecule has 0 aliphatic rings. The second-order valence-electron chi connectivity index (χ2n) is 5.16. The molecule has 0 radical (unpaired) electrons. The van der Waals surface area contributed by atoms with Gasteiger partial charge in [0.05, 0.1) is 0 Å². The van der Waals surface area contributed by atoms with Crippen molar-refractivity contribution in [3.63, 3.8) is 0 Å². The average molecular weight is 348 g/mol. The third kappa shape index (κ3) is 5.09. The number of ether oxygens (including phenoxy) is 1. The van der Waals surface area contributed by atoms with Crippen LogP contribution in [-0.2, 0) is 0 Å². The van der Waals surface area contributed by atoms with Crippen molar-refractivity contribution in [2.75, 3.05) is 18.5 Å². The largest absolute Gasteiger partial charge is 0.492 e. The van der Waals surface area contributed by atoms with Crippen molar-refractivity contribution in [1.29, 1.82) is 0 Å². The highest BCUT2D eigenvalue weighted by molar-refractivity contribution is 9.10. The Hall–Kier alpha value is -1.48. The molecule has 2 nitrogen and oxygen atoms in total. The van der Waals surface area contributed by atoms with Gasteiger partial charge in [0.25, 0.3) is 0 Å². The van der Waals surface area contributed by atoms with E-state index >= 15 is 0 Å². The van der Waals surface area contributed by atoms with Crippen LogP contribution in [0.4, 0.5) is 5.69 Å². The van der Waals surface area contributed by atoms with Crippen LogP contribution in [0.25, 0.3) is 0 Å². The minimum absolute atomic E-state index is 0.609. The minimum Gasteiger partial charge on any atom is -0.492 e. The fourth-order valence-corrected chi connectivity index (χ4v) is 2.49. The van der Waals surface area contributed by atoms with Gasteiger partial charge in [0.1, 0.15) is 12.4 Å². The van der Waals surface area contributed by atoms with E-state index in [0.717, 1.165) is 28.9 Å². The highest BCUT2D eigenvalue weighted by Gasteiger charge is 2.02. The summed E-state index contributed by atoms with van der Waals surface area (Å²) in [5.41, 5.74) is 2.47. The van der Waals surface area contributed by atoms with E-state index in [9.17, 15) is 0 Å². The maximum absolute atomic E-state index is 5.75. The lowest BCUT2D eigenvalue weighted by molar-refractivity contribution is 0.332. The first-order chi connectivity index (χ1) is 10.2. The maximum Gasteiger partial charge on any atom is 0.119 e. The number of hydrogen-bond acceptors (Lipinski definition) is 2. The summed E-state index contributed by atoms with van der Waals surface area (Å²) in [6.45, 7) is 5.89. The number of anilines is 1. The first kappa shape index (κ1) is 15.9. The van der Waals surface area contributed by atoms with Crippen LogP contribution in [-0.4, -0.2) is 13.2 Å². The Morgan fingerprint density at radius 2 is 1.90 bits per heavy atom. The van der Waals surface area contributed by atoms with E-state index in [0.29, 0.717) is 12.5 Å². The topological polar surface area (TPSA) is 21.3 Å². The molecule has 0 heterocycles. The van der Waals surface area contributed by atoms with E-state index in [2.05, 4.69) is 65.4 Å². The summed E-state index contributed by atoms with van der Waals surface area (Å²) in [4.78, 5) is 0. The van der Waals surface area contributed by atoms with Crippen molar-refractivity contribution in [3.05, 3.63) is 58.6 Å². The molecule has 1 N–H and O–H groups in total. The van der Waals surface area contributed by atoms with Gasteiger partial charge >= 0.3 is 0 Å². The average Bonchev–Trinajstić information content (AvgIpc) is 2.51. The molecule has 0 fully saturated rings. The Bertz CT molecular complexity index is 553. The van der Waals surface area contributed by atoms with Crippen molar-refractivity contribution < 1.29 is 4.74 Å². The fraction of sp³-hybridized carbons (Fsp3) is 0.333. The van der Waals surface area contributed by atoms with Crippen LogP contribution in [0.1, 0.15) is 31.7 Å². The maximum atomic E-state index is 5.75. The van der Waals surface area contributed by atoms with Crippen molar-refractivity contribution >= 4 is 21.6 Å². The molecule has 0 aliphatic carbocycles. The number of halogens is 1. The number of nitrogens with one attached hydrogen (secondary N) is 1. The van der Waals surface area contributed by atoms with Gasteiger partial charge in [-0.15, -0.1) is 0 Å². The molecule has 0 spiro atoms. The molecule has 0 aromatic heterocycles. The molecule has 3 heteroatoms. The van der Waals surface area contributed by atoms with Gasteiger partial charge in [0.2, 0.25) is 0 Å². The summed E-state index contributed by atoms with van der Waals surface area (Å²) in [5.74, 6) is 1.54. The molecule has 2 aromatic carbocycles. The van der Waals surface area contributed by atoms with Gasteiger partial charge in [0, 0.05) is 16.7 Å². The summed E-state index contributed by atoms with van der Waals surface area (Å²) in [6, 6.07) is 16.6. The van der Waals surface area contributed by atoms with Crippen molar-refractivity contribution in [3.8, 4) is 5.75 Å². The lowest BCUT2D eigenvalue weighted by Gasteiger charge is -2.11. The van der Waals surface area contributed by atoms with Gasteiger partial charge < -0.3 is 10.1 Å². The lowest BCUT2D eigenvalue weighted by atomic mass is 9.99. The zero-order valence-electron chi connectivity index (χ0n) is 12.6. The van der Waals surface area contributed by atoms with Crippen LogP contribution >= 0.6 is 15.9 Å². The van der Waals surface area contributed by atoms with E-state index < -0.39 is 0 Å². The summed E-state index contributed by atoms with van der Waals surface area (Å²) in [5, 5.41) is 3.34. The Labute approximate surface area is 135 Å². The molecule has 21 heavy (non-hydrogen) atoms. The first-order valence-electron chi connectivity index (χ1n) is 7.41. The van der Waals surface area contributed by atoms with Crippen LogP contribution in [0.3, 0.4) is 0 Å². The normalized spacial score (nSPS) is 12.0. The second-order valence-corrected chi connectivity index (χ2v) is 6.08. The predicted octanol–water partition coefficient (Wildman–Crippen LogP) is 5.45. The van der Waals surface area contributed by atoms with E-state index in [1.807, 2.05) is 18.2 Å². The van der Waals surface area contributed by atoms with Crippen molar-refractivity contribution in [2.45, 2.75) is 26.2 Å². The molecular weight excluding hydrogens is 326 g/mol. The third-order valence-corrected chi connectivity index (χ3v) is 4.08. The molecular formula is C18H22BrNO. The molecule has 2 aromatic rings. The van der Waals surface area contributed by atoms with Gasteiger partial charge in [-0.1, -0.05) is 48.0 Å². The molecule has 0 aliphatic heterocycles. The Morgan fingerprint density at radius 3 is 2.57 bits per heavy atom. The number of benzene rings is 2. The summed E-state index contributed by atoms with van der Waals surface area (Å²) < 4.78 is 6.83. The van der Waals surface area contributed by atoms with Crippen molar-refractivity contribution in [1.82, 2.24) is 0 Å². The van der Waals surface area contributed by atoms with Crippen molar-refractivity contribution in [2.24, 2.45) is 0 Å². The summed E-state index contributed by atoms with van der Waals surface area (Å²) in [7, 11) is 0. The van der Waals surface area contributed by atoms with E-state index in [1.165, 1.54) is 5.56 Å². The molecule has 1 unspecified atom stereocenters. The summed E-state index contributed by atoms with van der Waals surface area (Å²) in [6.07, 6.45) is 1.16. The van der Waals surface area contributed by atoms with E-state index in [1.54, 1.807) is 0 Å². The molecule has 1 atom stereocenters. The molecule has 0 saturated carbocycles. The molecule has 0 amide bonds. The van der Waals surface area contributed by atoms with Gasteiger partial charge in [0.15, 0.2) is 0 Å². The number of hydrogen-bond donors (Lipinski definition) is 1. The monoisotopic (exact) mass is 347 g/mol. The zero-order valence-corrected chi connectivity index (χ0v) is 14.2. The third-order valence-electron chi connectivity index (χ3n) is 3.59. The van der Waals surface area contributed by atoms with E-state index in [4.69, 9.17) is 4.74 Å². The minimum atomic E-state index is 0.609. The molecule has 0 saturated heterocycles. The van der Waals surface area contributed by atoms with E-state index in [-0.39, 0.29) is 0 Å². The van der Waals surface area contributed by atoms with Crippen LogP contribution < -0.4 is 10.1 Å². The molecule has 2 rings (SSSR count). The van der Waals surface area contributed by atoms with Gasteiger partial charge in [-0.05, 0) is 48.2 Å². The Morgan fingerprint density at radius 1 is 1.14 bits per heavy atom. The Kier molecular flexibility index (Phi) is 6.12. The lowest BCUT2D eigenvalue weighted by Crippen LogP contribution is -2.11. The fourth-order valence-electron chi connectivity index (χ4n) is 2.09.